The molecule has 0 aromatic rings. The molecule has 0 aliphatic carbocycles. The summed E-state index contributed by atoms with van der Waals surface area (Å²) < 4.78 is 0. The molecule has 0 saturated carbocycles. The number of fused-ring (bicyclic) bond motifs is 1. The summed E-state index contributed by atoms with van der Waals surface area (Å²) in [6, 6.07) is 0.549. The maximum absolute atomic E-state index is 11.9. The lowest BCUT2D eigenvalue weighted by molar-refractivity contribution is -0.139. The normalized spacial score (nSPS) is 26.9. The van der Waals surface area contributed by atoms with E-state index in [1.807, 2.05) is 0 Å². The quantitative estimate of drug-likeness (QED) is 0.699. The highest BCUT2D eigenvalue weighted by atomic mass is 16.2. The largest absolute Gasteiger partial charge is 0.340 e. The Morgan fingerprint density at radius 2 is 2.31 bits per heavy atom. The Morgan fingerprint density at radius 1 is 1.44 bits per heavy atom. The monoisotopic (exact) mass is 225 g/mol. The van der Waals surface area contributed by atoms with Gasteiger partial charge in [-0.05, 0) is 6.42 Å². The summed E-state index contributed by atoms with van der Waals surface area (Å²) in [5.41, 5.74) is 0. The number of piperazine rings is 2. The number of carbonyl (C=O) groups is 1. The smallest absolute Gasteiger partial charge is 0.236 e. The summed E-state index contributed by atoms with van der Waals surface area (Å²) in [5.74, 6) is 0.328. The van der Waals surface area contributed by atoms with Crippen molar-refractivity contribution in [2.24, 2.45) is 0 Å². The first kappa shape index (κ1) is 11.9. The molecule has 0 aromatic heterocycles. The number of amides is 1. The minimum atomic E-state index is 0.328. The summed E-state index contributed by atoms with van der Waals surface area (Å²) in [7, 11) is 0. The SMILES string of the molecule is CCCCCN1CC2CNCCN2CC1=O. The highest BCUT2D eigenvalue weighted by Gasteiger charge is 2.32. The van der Waals surface area contributed by atoms with Gasteiger partial charge in [-0.2, -0.15) is 0 Å². The second kappa shape index (κ2) is 5.64. The summed E-state index contributed by atoms with van der Waals surface area (Å²) in [6.07, 6.45) is 3.61. The molecule has 4 heteroatoms. The number of unbranched alkanes of at least 4 members (excludes halogenated alkanes) is 2. The molecule has 2 fully saturated rings. The zero-order valence-electron chi connectivity index (χ0n) is 10.2. The van der Waals surface area contributed by atoms with Gasteiger partial charge in [0.2, 0.25) is 5.91 Å². The van der Waals surface area contributed by atoms with Crippen LogP contribution in [0, 0.1) is 0 Å². The van der Waals surface area contributed by atoms with Crippen LogP contribution in [-0.4, -0.2) is 61.0 Å². The Hall–Kier alpha value is -0.610. The fourth-order valence-corrected chi connectivity index (χ4v) is 2.59. The van der Waals surface area contributed by atoms with Gasteiger partial charge >= 0.3 is 0 Å². The molecule has 2 rings (SSSR count). The Labute approximate surface area is 98.0 Å². The van der Waals surface area contributed by atoms with Crippen molar-refractivity contribution in [1.29, 1.82) is 0 Å². The lowest BCUT2D eigenvalue weighted by Crippen LogP contribution is -2.63. The summed E-state index contributed by atoms with van der Waals surface area (Å²) >= 11 is 0. The molecule has 1 atom stereocenters. The predicted molar refractivity (Wildman–Crippen MR) is 64.3 cm³/mol. The minimum absolute atomic E-state index is 0.328. The highest BCUT2D eigenvalue weighted by molar-refractivity contribution is 5.79. The van der Waals surface area contributed by atoms with E-state index in [4.69, 9.17) is 0 Å². The van der Waals surface area contributed by atoms with Gasteiger partial charge in [0.15, 0.2) is 0 Å². The van der Waals surface area contributed by atoms with Crippen molar-refractivity contribution in [1.82, 2.24) is 15.1 Å². The van der Waals surface area contributed by atoms with Crippen LogP contribution >= 0.6 is 0 Å². The summed E-state index contributed by atoms with van der Waals surface area (Å²) in [5, 5.41) is 3.41. The third-order valence-corrected chi connectivity index (χ3v) is 3.63. The maximum atomic E-state index is 11.9. The fourth-order valence-electron chi connectivity index (χ4n) is 2.59. The van der Waals surface area contributed by atoms with Gasteiger partial charge in [-0.1, -0.05) is 19.8 Å². The van der Waals surface area contributed by atoms with E-state index in [0.717, 1.165) is 39.1 Å². The van der Waals surface area contributed by atoms with E-state index < -0.39 is 0 Å². The second-order valence-corrected chi connectivity index (χ2v) is 4.88. The maximum Gasteiger partial charge on any atom is 0.236 e. The van der Waals surface area contributed by atoms with E-state index in [0.29, 0.717) is 18.5 Å². The first-order valence-electron chi connectivity index (χ1n) is 6.54. The van der Waals surface area contributed by atoms with E-state index >= 15 is 0 Å². The van der Waals surface area contributed by atoms with Gasteiger partial charge < -0.3 is 10.2 Å². The standard InChI is InChI=1S/C12H23N3O/c1-2-3-4-6-15-9-11-8-13-5-7-14(11)10-12(15)16/h11,13H,2-10H2,1H3. The Balaban J connectivity index is 1.83. The van der Waals surface area contributed by atoms with Crippen LogP contribution in [0.1, 0.15) is 26.2 Å². The van der Waals surface area contributed by atoms with E-state index in [2.05, 4.69) is 22.0 Å². The van der Waals surface area contributed by atoms with Crippen molar-refractivity contribution in [3.05, 3.63) is 0 Å². The summed E-state index contributed by atoms with van der Waals surface area (Å²) in [4.78, 5) is 16.3. The van der Waals surface area contributed by atoms with Crippen LogP contribution in [0.25, 0.3) is 0 Å². The molecule has 1 amide bonds. The molecule has 2 aliphatic heterocycles. The molecular formula is C12H23N3O. The molecule has 4 nitrogen and oxygen atoms in total. The molecular weight excluding hydrogens is 202 g/mol. The number of carbonyl (C=O) groups excluding carboxylic acids is 1. The third-order valence-electron chi connectivity index (χ3n) is 3.63. The van der Waals surface area contributed by atoms with E-state index in [-0.39, 0.29) is 0 Å². The van der Waals surface area contributed by atoms with Gasteiger partial charge in [-0.15, -0.1) is 0 Å². The van der Waals surface area contributed by atoms with Gasteiger partial charge in [-0.25, -0.2) is 0 Å². The first-order valence-corrected chi connectivity index (χ1v) is 6.54. The minimum Gasteiger partial charge on any atom is -0.340 e. The van der Waals surface area contributed by atoms with Crippen molar-refractivity contribution in [2.75, 3.05) is 39.3 Å². The molecule has 0 radical (unpaired) electrons. The van der Waals surface area contributed by atoms with Gasteiger partial charge in [0.05, 0.1) is 6.54 Å². The zero-order valence-corrected chi connectivity index (χ0v) is 10.2. The Morgan fingerprint density at radius 3 is 3.12 bits per heavy atom. The first-order chi connectivity index (χ1) is 7.81. The summed E-state index contributed by atoms with van der Waals surface area (Å²) in [6.45, 7) is 7.81. The molecule has 1 unspecified atom stereocenters. The zero-order chi connectivity index (χ0) is 11.4. The number of nitrogens with one attached hydrogen (secondary N) is 1. The van der Waals surface area contributed by atoms with Crippen molar-refractivity contribution < 1.29 is 4.79 Å². The van der Waals surface area contributed by atoms with Gasteiger partial charge in [0, 0.05) is 38.8 Å². The van der Waals surface area contributed by atoms with Crippen LogP contribution in [0.15, 0.2) is 0 Å². The van der Waals surface area contributed by atoms with Crippen molar-refractivity contribution in [2.45, 2.75) is 32.2 Å². The Kier molecular flexibility index (Phi) is 4.18. The van der Waals surface area contributed by atoms with Gasteiger partial charge in [0.25, 0.3) is 0 Å². The van der Waals surface area contributed by atoms with Crippen molar-refractivity contribution >= 4 is 5.91 Å². The molecule has 16 heavy (non-hydrogen) atoms. The molecule has 2 aliphatic rings. The van der Waals surface area contributed by atoms with E-state index in [1.54, 1.807) is 0 Å². The fraction of sp³-hybridized carbons (Fsp3) is 0.917. The number of nitrogens with zero attached hydrogens (tertiary/aromatic N) is 2. The molecule has 1 N–H and O–H groups in total. The molecule has 0 spiro atoms. The topological polar surface area (TPSA) is 35.6 Å². The van der Waals surface area contributed by atoms with E-state index in [9.17, 15) is 4.79 Å². The average Bonchev–Trinajstić information content (AvgIpc) is 2.30. The van der Waals surface area contributed by atoms with Crippen LogP contribution in [0.2, 0.25) is 0 Å². The molecule has 0 bridgehead atoms. The average molecular weight is 225 g/mol. The lowest BCUT2D eigenvalue weighted by atomic mass is 10.1. The van der Waals surface area contributed by atoms with E-state index in [1.165, 1.54) is 12.8 Å². The van der Waals surface area contributed by atoms with Crippen LogP contribution in [-0.2, 0) is 4.79 Å². The van der Waals surface area contributed by atoms with Crippen molar-refractivity contribution in [3.63, 3.8) is 0 Å². The van der Waals surface area contributed by atoms with Crippen LogP contribution in [0.5, 0.6) is 0 Å². The van der Waals surface area contributed by atoms with Crippen molar-refractivity contribution in [3.8, 4) is 0 Å². The van der Waals surface area contributed by atoms with Crippen LogP contribution < -0.4 is 5.32 Å². The lowest BCUT2D eigenvalue weighted by Gasteiger charge is -2.43. The number of rotatable bonds is 4. The highest BCUT2D eigenvalue weighted by Crippen LogP contribution is 2.13. The predicted octanol–water partition coefficient (Wildman–Crippen LogP) is 0.293. The van der Waals surface area contributed by atoms with Gasteiger partial charge in [0.1, 0.15) is 0 Å². The Bertz CT molecular complexity index is 244. The molecule has 0 aromatic carbocycles. The molecule has 2 saturated heterocycles. The van der Waals surface area contributed by atoms with Crippen LogP contribution in [0.3, 0.4) is 0 Å². The molecule has 2 heterocycles. The molecule has 92 valence electrons. The third kappa shape index (κ3) is 2.74. The van der Waals surface area contributed by atoms with Crippen LogP contribution in [0.4, 0.5) is 0 Å². The number of hydrogen-bond acceptors (Lipinski definition) is 3. The number of hydrogen-bond donors (Lipinski definition) is 1. The van der Waals surface area contributed by atoms with Gasteiger partial charge in [-0.3, -0.25) is 9.69 Å². The second-order valence-electron chi connectivity index (χ2n) is 4.88.